The van der Waals surface area contributed by atoms with E-state index in [0.717, 1.165) is 17.5 Å². The van der Waals surface area contributed by atoms with Gasteiger partial charge in [0.05, 0.1) is 5.75 Å². The summed E-state index contributed by atoms with van der Waals surface area (Å²) in [6, 6.07) is 7.60. The van der Waals surface area contributed by atoms with Gasteiger partial charge in [0.2, 0.25) is 10.0 Å². The third kappa shape index (κ3) is 1.26. The summed E-state index contributed by atoms with van der Waals surface area (Å²) < 4.78 is 25.9. The molecular formula is C15H15NO3S. The molecule has 1 aliphatic heterocycles. The fraction of sp³-hybridized carbons (Fsp3) is 0.400. The van der Waals surface area contributed by atoms with Crippen LogP contribution in [0.5, 0.6) is 0 Å². The van der Waals surface area contributed by atoms with Crippen molar-refractivity contribution >= 4 is 15.8 Å². The number of hydrogen-bond donors (Lipinski definition) is 0. The highest BCUT2D eigenvalue weighted by molar-refractivity contribution is 7.89. The van der Waals surface area contributed by atoms with Gasteiger partial charge in [-0.2, -0.15) is 0 Å². The van der Waals surface area contributed by atoms with Crippen LogP contribution in [0.25, 0.3) is 0 Å². The lowest BCUT2D eigenvalue weighted by Crippen LogP contribution is -2.34. The highest BCUT2D eigenvalue weighted by Crippen LogP contribution is 2.67. The smallest absolute Gasteiger partial charge is 0.234 e. The van der Waals surface area contributed by atoms with Gasteiger partial charge < -0.3 is 0 Å². The van der Waals surface area contributed by atoms with E-state index in [-0.39, 0.29) is 17.0 Å². The van der Waals surface area contributed by atoms with E-state index in [2.05, 4.69) is 0 Å². The molecule has 104 valence electrons. The van der Waals surface area contributed by atoms with Crippen LogP contribution in [0, 0.1) is 5.92 Å². The molecule has 2 fully saturated rings. The van der Waals surface area contributed by atoms with Crippen LogP contribution in [-0.2, 0) is 15.4 Å². The van der Waals surface area contributed by atoms with Crippen molar-refractivity contribution in [2.75, 3.05) is 12.3 Å². The molecule has 1 spiro atoms. The van der Waals surface area contributed by atoms with E-state index in [0.29, 0.717) is 18.2 Å². The number of piperidine rings is 1. The van der Waals surface area contributed by atoms with E-state index in [4.69, 9.17) is 0 Å². The summed E-state index contributed by atoms with van der Waals surface area (Å²) in [4.78, 5) is 12.3. The molecule has 1 aromatic carbocycles. The van der Waals surface area contributed by atoms with Crippen molar-refractivity contribution in [1.82, 2.24) is 4.31 Å². The molecule has 4 rings (SSSR count). The number of carbonyl (C=O) groups excluding carboxylic acids is 1. The molecule has 3 aliphatic rings. The second-order valence-electron chi connectivity index (χ2n) is 5.74. The minimum Gasteiger partial charge on any atom is -0.289 e. The Labute approximate surface area is 118 Å². The SMILES string of the molecule is CCS(=O)(=O)N1CC2CC23C1=CC(=O)c1ccccc13. The van der Waals surface area contributed by atoms with Crippen molar-refractivity contribution in [3.05, 3.63) is 47.2 Å². The van der Waals surface area contributed by atoms with Crippen molar-refractivity contribution in [2.24, 2.45) is 5.92 Å². The van der Waals surface area contributed by atoms with Gasteiger partial charge in [0.15, 0.2) is 5.78 Å². The highest BCUT2D eigenvalue weighted by atomic mass is 32.2. The van der Waals surface area contributed by atoms with Gasteiger partial charge in [-0.15, -0.1) is 0 Å². The van der Waals surface area contributed by atoms with Crippen LogP contribution in [0.1, 0.15) is 29.3 Å². The van der Waals surface area contributed by atoms with Crippen molar-refractivity contribution in [3.63, 3.8) is 0 Å². The topological polar surface area (TPSA) is 54.5 Å². The molecule has 0 amide bonds. The fourth-order valence-electron chi connectivity index (χ4n) is 3.76. The molecule has 1 saturated heterocycles. The van der Waals surface area contributed by atoms with Crippen molar-refractivity contribution in [2.45, 2.75) is 18.8 Å². The number of ketones is 1. The zero-order valence-corrected chi connectivity index (χ0v) is 12.0. The molecule has 0 N–H and O–H groups in total. The maximum atomic E-state index is 12.3. The predicted molar refractivity (Wildman–Crippen MR) is 74.8 cm³/mol. The molecule has 0 radical (unpaired) electrons. The molecule has 2 unspecified atom stereocenters. The van der Waals surface area contributed by atoms with Gasteiger partial charge in [0.1, 0.15) is 0 Å². The molecule has 5 heteroatoms. The van der Waals surface area contributed by atoms with Gasteiger partial charge in [0.25, 0.3) is 0 Å². The average molecular weight is 289 g/mol. The summed E-state index contributed by atoms with van der Waals surface area (Å²) >= 11 is 0. The Kier molecular flexibility index (Phi) is 2.14. The first-order chi connectivity index (χ1) is 9.50. The second kappa shape index (κ2) is 3.52. The van der Waals surface area contributed by atoms with E-state index in [9.17, 15) is 13.2 Å². The van der Waals surface area contributed by atoms with Crippen LogP contribution in [0.4, 0.5) is 0 Å². The summed E-state index contributed by atoms with van der Waals surface area (Å²) in [5, 5.41) is 0. The molecular weight excluding hydrogens is 274 g/mol. The summed E-state index contributed by atoms with van der Waals surface area (Å²) in [5.41, 5.74) is 2.23. The number of allylic oxidation sites excluding steroid dienone is 2. The van der Waals surface area contributed by atoms with Crippen LogP contribution >= 0.6 is 0 Å². The molecule has 20 heavy (non-hydrogen) atoms. The predicted octanol–water partition coefficient (Wildman–Crippen LogP) is 1.69. The molecule has 1 aromatic rings. The highest BCUT2D eigenvalue weighted by Gasteiger charge is 2.67. The standard InChI is InChI=1S/C15H15NO3S/c1-2-20(18,19)16-9-10-8-15(10)12-6-4-3-5-11(12)13(17)7-14(15)16/h3-7,10H,2,8-9H2,1H3. The first-order valence-corrected chi connectivity index (χ1v) is 8.48. The van der Waals surface area contributed by atoms with Crippen molar-refractivity contribution in [1.29, 1.82) is 0 Å². The van der Waals surface area contributed by atoms with Crippen molar-refractivity contribution in [3.8, 4) is 0 Å². The summed E-state index contributed by atoms with van der Waals surface area (Å²) in [7, 11) is -3.29. The quantitative estimate of drug-likeness (QED) is 0.832. The Morgan fingerprint density at radius 2 is 2.10 bits per heavy atom. The summed E-state index contributed by atoms with van der Waals surface area (Å²) in [6.45, 7) is 2.16. The number of carbonyl (C=O) groups is 1. The van der Waals surface area contributed by atoms with Gasteiger partial charge >= 0.3 is 0 Å². The van der Waals surface area contributed by atoms with E-state index in [1.807, 2.05) is 24.3 Å². The molecule has 0 bridgehead atoms. The van der Waals surface area contributed by atoms with Crippen molar-refractivity contribution < 1.29 is 13.2 Å². The Balaban J connectivity index is 1.92. The summed E-state index contributed by atoms with van der Waals surface area (Å²) in [5.74, 6) is 0.317. The molecule has 0 aromatic heterocycles. The lowest BCUT2D eigenvalue weighted by Gasteiger charge is -2.29. The first-order valence-electron chi connectivity index (χ1n) is 6.87. The molecule has 1 heterocycles. The number of fused-ring (bicyclic) bond motifs is 1. The Hall–Kier alpha value is -1.62. The van der Waals surface area contributed by atoms with Crippen LogP contribution in [0.15, 0.2) is 36.0 Å². The van der Waals surface area contributed by atoms with Crippen LogP contribution in [0.2, 0.25) is 0 Å². The second-order valence-corrected chi connectivity index (χ2v) is 7.93. The van der Waals surface area contributed by atoms with Crippen LogP contribution < -0.4 is 0 Å². The average Bonchev–Trinajstić information content (AvgIpc) is 3.08. The lowest BCUT2D eigenvalue weighted by atomic mass is 9.82. The monoisotopic (exact) mass is 289 g/mol. The largest absolute Gasteiger partial charge is 0.289 e. The minimum absolute atomic E-state index is 0.0724. The van der Waals surface area contributed by atoms with Gasteiger partial charge in [0, 0.05) is 29.3 Å². The van der Waals surface area contributed by atoms with Gasteiger partial charge in [-0.3, -0.25) is 9.10 Å². The normalized spacial score (nSPS) is 30.4. The summed E-state index contributed by atoms with van der Waals surface area (Å²) in [6.07, 6.45) is 2.50. The minimum atomic E-state index is -3.29. The lowest BCUT2D eigenvalue weighted by molar-refractivity contribution is 0.104. The number of benzene rings is 1. The number of sulfonamides is 1. The molecule has 2 aliphatic carbocycles. The van der Waals surface area contributed by atoms with Crippen LogP contribution in [0.3, 0.4) is 0 Å². The first kappa shape index (κ1) is 12.1. The maximum Gasteiger partial charge on any atom is 0.234 e. The Morgan fingerprint density at radius 3 is 2.85 bits per heavy atom. The zero-order chi connectivity index (χ0) is 14.1. The van der Waals surface area contributed by atoms with E-state index in [1.54, 1.807) is 13.0 Å². The molecule has 2 atom stereocenters. The third-order valence-electron chi connectivity index (χ3n) is 4.86. The van der Waals surface area contributed by atoms with E-state index >= 15 is 0 Å². The maximum absolute atomic E-state index is 12.3. The zero-order valence-electron chi connectivity index (χ0n) is 11.2. The third-order valence-corrected chi connectivity index (χ3v) is 6.61. The number of nitrogens with zero attached hydrogens (tertiary/aromatic N) is 1. The molecule has 1 saturated carbocycles. The Bertz CT molecular complexity index is 765. The van der Waals surface area contributed by atoms with Gasteiger partial charge in [-0.25, -0.2) is 8.42 Å². The Morgan fingerprint density at radius 1 is 1.35 bits per heavy atom. The number of rotatable bonds is 2. The van der Waals surface area contributed by atoms with Crippen LogP contribution in [-0.4, -0.2) is 30.8 Å². The van der Waals surface area contributed by atoms with Gasteiger partial charge in [-0.1, -0.05) is 24.3 Å². The fourth-order valence-corrected chi connectivity index (χ4v) is 5.00. The van der Waals surface area contributed by atoms with Gasteiger partial charge in [-0.05, 0) is 24.8 Å². The van der Waals surface area contributed by atoms with E-state index in [1.165, 1.54) is 4.31 Å². The van der Waals surface area contributed by atoms with E-state index < -0.39 is 10.0 Å². The number of hydrogen-bond acceptors (Lipinski definition) is 3. The molecule has 4 nitrogen and oxygen atoms in total.